The highest BCUT2D eigenvalue weighted by Crippen LogP contribution is 2.59. The van der Waals surface area contributed by atoms with Gasteiger partial charge >= 0.3 is 0 Å². The summed E-state index contributed by atoms with van der Waals surface area (Å²) in [4.78, 5) is 4.93. The zero-order valence-electron chi connectivity index (χ0n) is 43.2. The van der Waals surface area contributed by atoms with Crippen LogP contribution in [0.1, 0.15) is 22.3 Å². The van der Waals surface area contributed by atoms with E-state index in [1.165, 1.54) is 87.4 Å². The largest absolute Gasteiger partial charge is 0.310 e. The maximum Gasteiger partial charge on any atom is 0.0715 e. The van der Waals surface area contributed by atoms with E-state index in [0.717, 1.165) is 45.5 Å². The van der Waals surface area contributed by atoms with Crippen LogP contribution in [0.2, 0.25) is 0 Å². The van der Waals surface area contributed by atoms with Crippen LogP contribution in [-0.2, 0) is 5.41 Å². The third-order valence-corrected chi connectivity index (χ3v) is 16.6. The lowest BCUT2D eigenvalue weighted by molar-refractivity contribution is 0.771. The summed E-state index contributed by atoms with van der Waals surface area (Å²) in [5.74, 6) is 0. The summed E-state index contributed by atoms with van der Waals surface area (Å²) in [6.45, 7) is 0. The number of fused-ring (bicyclic) bond motifs is 6. The Bertz CT molecular complexity index is 4510. The summed E-state index contributed by atoms with van der Waals surface area (Å²) in [6.07, 6.45) is 0. The van der Waals surface area contributed by atoms with Gasteiger partial charge in [-0.3, -0.25) is 0 Å². The second-order valence-electron chi connectivity index (χ2n) is 20.9. The zero-order valence-corrected chi connectivity index (χ0v) is 43.2. The van der Waals surface area contributed by atoms with Gasteiger partial charge in [0.1, 0.15) is 0 Å². The quantitative estimate of drug-likeness (QED) is 0.127. The third-order valence-electron chi connectivity index (χ3n) is 16.6. The first-order valence-corrected chi connectivity index (χ1v) is 27.2. The molecule has 2 heterocycles. The van der Waals surface area contributed by atoms with E-state index in [9.17, 15) is 0 Å². The lowest BCUT2D eigenvalue weighted by Crippen LogP contribution is -2.29. The minimum Gasteiger partial charge on any atom is -0.310 e. The maximum absolute atomic E-state index is 2.51. The summed E-state index contributed by atoms with van der Waals surface area (Å²) < 4.78 is 4.79. The minimum atomic E-state index is -0.709. The zero-order chi connectivity index (χ0) is 52.0. The van der Waals surface area contributed by atoms with Crippen molar-refractivity contribution >= 4 is 99.3 Å². The van der Waals surface area contributed by atoms with Crippen molar-refractivity contribution < 1.29 is 0 Å². The SMILES string of the molecule is c1ccc(N(c2cc3c4c(ccc5cc(N(c6ccccc6)c6ccc7c(c6)c6ccccc6n7-c6ccccc6)cc(c54)C3(c3ccccc3)c3ccccc3)c2)c2ccc3c(c2)c2ccccc2n3-c2ccccc2)cc1. The molecule has 79 heavy (non-hydrogen) atoms. The van der Waals surface area contributed by atoms with Crippen LogP contribution in [0, 0.1) is 0 Å². The van der Waals surface area contributed by atoms with Gasteiger partial charge < -0.3 is 18.9 Å². The summed E-state index contributed by atoms with van der Waals surface area (Å²) in [7, 11) is 0. The minimum absolute atomic E-state index is 0.709. The maximum atomic E-state index is 2.51. The highest BCUT2D eigenvalue weighted by Gasteiger charge is 2.46. The lowest BCUT2D eigenvalue weighted by atomic mass is 9.67. The predicted molar refractivity (Wildman–Crippen MR) is 331 cm³/mol. The fourth-order valence-corrected chi connectivity index (χ4v) is 13.4. The molecule has 1 aliphatic carbocycles. The smallest absolute Gasteiger partial charge is 0.0715 e. The Kier molecular flexibility index (Phi) is 10.1. The molecule has 0 amide bonds. The van der Waals surface area contributed by atoms with Crippen LogP contribution in [0.25, 0.3) is 76.5 Å². The summed E-state index contributed by atoms with van der Waals surface area (Å²) in [5, 5.41) is 9.82. The summed E-state index contributed by atoms with van der Waals surface area (Å²) >= 11 is 0. The van der Waals surface area contributed by atoms with Gasteiger partial charge in [0.25, 0.3) is 0 Å². The van der Waals surface area contributed by atoms with Gasteiger partial charge in [-0.15, -0.1) is 0 Å². The highest BCUT2D eigenvalue weighted by molar-refractivity contribution is 6.19. The van der Waals surface area contributed by atoms with Gasteiger partial charge in [-0.05, 0) is 165 Å². The normalized spacial score (nSPS) is 12.7. The Morgan fingerprint density at radius 2 is 0.582 bits per heavy atom. The Labute approximate surface area is 458 Å². The fourth-order valence-electron chi connectivity index (χ4n) is 13.4. The Morgan fingerprint density at radius 1 is 0.241 bits per heavy atom. The number of hydrogen-bond acceptors (Lipinski definition) is 2. The molecule has 0 spiro atoms. The van der Waals surface area contributed by atoms with Gasteiger partial charge in [0.05, 0.1) is 27.5 Å². The van der Waals surface area contributed by atoms with Gasteiger partial charge in [-0.1, -0.05) is 182 Å². The van der Waals surface area contributed by atoms with Gasteiger partial charge in [0.2, 0.25) is 0 Å². The Morgan fingerprint density at radius 3 is 0.987 bits per heavy atom. The van der Waals surface area contributed by atoms with Crippen molar-refractivity contribution in [2.24, 2.45) is 0 Å². The molecule has 0 radical (unpaired) electrons. The van der Waals surface area contributed by atoms with Crippen molar-refractivity contribution in [3.63, 3.8) is 0 Å². The molecule has 0 unspecified atom stereocenters. The van der Waals surface area contributed by atoms with Crippen LogP contribution in [-0.4, -0.2) is 9.13 Å². The number of nitrogens with zero attached hydrogens (tertiary/aromatic N) is 4. The molecule has 4 heteroatoms. The molecule has 0 bridgehead atoms. The highest BCUT2D eigenvalue weighted by atomic mass is 15.2. The van der Waals surface area contributed by atoms with Crippen molar-refractivity contribution in [3.8, 4) is 11.4 Å². The van der Waals surface area contributed by atoms with Crippen molar-refractivity contribution in [1.82, 2.24) is 9.13 Å². The van der Waals surface area contributed by atoms with Crippen LogP contribution >= 0.6 is 0 Å². The topological polar surface area (TPSA) is 16.3 Å². The molecule has 0 saturated carbocycles. The van der Waals surface area contributed by atoms with Crippen molar-refractivity contribution in [2.75, 3.05) is 9.80 Å². The molecule has 4 nitrogen and oxygen atoms in total. The average molecular weight is 1010 g/mol. The third kappa shape index (κ3) is 6.81. The number of hydrogen-bond donors (Lipinski definition) is 0. The van der Waals surface area contributed by atoms with Gasteiger partial charge in [-0.2, -0.15) is 0 Å². The first kappa shape index (κ1) is 44.8. The first-order chi connectivity index (χ1) is 39.2. The Hall–Kier alpha value is -10.4. The lowest BCUT2D eigenvalue weighted by Gasteiger charge is -2.36. The summed E-state index contributed by atoms with van der Waals surface area (Å²) in [6, 6.07) is 112. The van der Waals surface area contributed by atoms with E-state index in [-0.39, 0.29) is 0 Å². The van der Waals surface area contributed by atoms with E-state index in [1.807, 2.05) is 0 Å². The molecule has 0 aliphatic heterocycles. The molecule has 0 N–H and O–H groups in total. The van der Waals surface area contributed by atoms with Crippen LogP contribution in [0.4, 0.5) is 34.1 Å². The van der Waals surface area contributed by atoms with Crippen molar-refractivity contribution in [2.45, 2.75) is 5.41 Å². The van der Waals surface area contributed by atoms with Crippen LogP contribution in [0.15, 0.2) is 303 Å². The predicted octanol–water partition coefficient (Wildman–Crippen LogP) is 19.8. The number of rotatable bonds is 10. The number of aromatic nitrogens is 2. The first-order valence-electron chi connectivity index (χ1n) is 27.2. The van der Waals surface area contributed by atoms with E-state index < -0.39 is 5.41 Å². The van der Waals surface area contributed by atoms with E-state index in [0.29, 0.717) is 0 Å². The van der Waals surface area contributed by atoms with E-state index >= 15 is 0 Å². The monoisotopic (exact) mass is 1010 g/mol. The van der Waals surface area contributed by atoms with E-state index in [2.05, 4.69) is 322 Å². The molecular weight excluding hydrogens is 957 g/mol. The molecule has 1 aliphatic rings. The van der Waals surface area contributed by atoms with Gasteiger partial charge in [-0.25, -0.2) is 0 Å². The van der Waals surface area contributed by atoms with E-state index in [1.54, 1.807) is 0 Å². The van der Waals surface area contributed by atoms with Gasteiger partial charge in [0.15, 0.2) is 0 Å². The van der Waals surface area contributed by atoms with Crippen LogP contribution < -0.4 is 9.80 Å². The molecule has 370 valence electrons. The summed E-state index contributed by atoms with van der Waals surface area (Å²) in [5.41, 5.74) is 17.8. The molecule has 15 aromatic rings. The average Bonchev–Trinajstić information content (AvgIpc) is 3.46. The molecular formula is C75H50N4. The fraction of sp³-hybridized carbons (Fsp3) is 0.0133. The number of para-hydroxylation sites is 6. The standard InChI is InChI=1S/C75H50N4/c1-7-23-53(24-8-1)75(54-25-9-2-10-26-54)67-49-61(76(55-27-11-3-12-28-55)59-41-43-71-65(47-59)63-35-19-21-37-69(63)78(71)57-31-15-5-16-32-57)45-51-39-40-52-46-62(50-68(75)74(52)73(51)67)77(56-29-13-4-14-30-56)60-42-44-72-66(48-60)64-36-20-22-38-70(64)79(72)58-33-17-6-18-34-58/h1-50H. The molecule has 13 aromatic carbocycles. The van der Waals surface area contributed by atoms with Crippen molar-refractivity contribution in [3.05, 3.63) is 326 Å². The van der Waals surface area contributed by atoms with E-state index in [4.69, 9.17) is 0 Å². The number of anilines is 6. The molecule has 0 fully saturated rings. The molecule has 0 atom stereocenters. The second-order valence-corrected chi connectivity index (χ2v) is 20.9. The van der Waals surface area contributed by atoms with Crippen LogP contribution in [0.5, 0.6) is 0 Å². The van der Waals surface area contributed by atoms with Gasteiger partial charge in [0, 0.05) is 67.0 Å². The molecule has 16 rings (SSSR count). The molecule has 2 aromatic heterocycles. The molecule has 0 saturated heterocycles. The second kappa shape index (κ2) is 17.8. The van der Waals surface area contributed by atoms with Crippen LogP contribution in [0.3, 0.4) is 0 Å². The van der Waals surface area contributed by atoms with Crippen molar-refractivity contribution in [1.29, 1.82) is 0 Å². The number of benzene rings is 13. The Balaban J connectivity index is 0.946.